The number of hydrogen-bond acceptors (Lipinski definition) is 4. The molecule has 2 amide bonds. The molecule has 110 valence electrons. The Morgan fingerprint density at radius 3 is 2.37 bits per heavy atom. The molecule has 6 nitrogen and oxygen atoms in total. The molecule has 0 bridgehead atoms. The van der Waals surface area contributed by atoms with Crippen molar-refractivity contribution in [3.05, 3.63) is 0 Å². The molecule has 19 heavy (non-hydrogen) atoms. The van der Waals surface area contributed by atoms with Crippen LogP contribution in [0.15, 0.2) is 0 Å². The van der Waals surface area contributed by atoms with Crippen molar-refractivity contribution in [1.29, 1.82) is 0 Å². The van der Waals surface area contributed by atoms with Gasteiger partial charge in [0, 0.05) is 0 Å². The zero-order chi connectivity index (χ0) is 14.5. The quantitative estimate of drug-likeness (QED) is 0.523. The van der Waals surface area contributed by atoms with Gasteiger partial charge in [-0.1, -0.05) is 26.7 Å². The van der Waals surface area contributed by atoms with Crippen LogP contribution in [0.1, 0.15) is 39.5 Å². The Bertz CT molecular complexity index is 325. The number of hydrogen-bond donors (Lipinski definition) is 4. The smallest absolute Gasteiger partial charge is 0.239 e. The number of nitrogens with one attached hydrogen (secondary N) is 2. The van der Waals surface area contributed by atoms with E-state index < -0.39 is 11.6 Å². The Balaban J connectivity index is 2.37. The number of rotatable bonds is 6. The minimum absolute atomic E-state index is 0.0293. The van der Waals surface area contributed by atoms with Gasteiger partial charge in [0.05, 0.1) is 24.7 Å². The monoisotopic (exact) mass is 271 g/mol. The summed E-state index contributed by atoms with van der Waals surface area (Å²) in [6, 6.07) is -0.605. The molecule has 1 rings (SSSR count). The van der Waals surface area contributed by atoms with E-state index in [1.807, 2.05) is 13.8 Å². The van der Waals surface area contributed by atoms with Crippen LogP contribution in [0.2, 0.25) is 0 Å². The molecule has 0 saturated heterocycles. The van der Waals surface area contributed by atoms with Crippen molar-refractivity contribution >= 4 is 11.8 Å². The highest BCUT2D eigenvalue weighted by Crippen LogP contribution is 2.28. The molecule has 1 fully saturated rings. The summed E-state index contributed by atoms with van der Waals surface area (Å²) in [7, 11) is 0. The highest BCUT2D eigenvalue weighted by atomic mass is 16.3. The summed E-state index contributed by atoms with van der Waals surface area (Å²) >= 11 is 0. The predicted octanol–water partition coefficient (Wildman–Crippen LogP) is -0.493. The number of aliphatic hydroxyl groups excluding tert-OH is 1. The first kappa shape index (κ1) is 15.9. The molecular formula is C13H25N3O3. The van der Waals surface area contributed by atoms with Gasteiger partial charge in [-0.3, -0.25) is 9.59 Å². The van der Waals surface area contributed by atoms with Crippen LogP contribution < -0.4 is 16.4 Å². The molecule has 0 spiro atoms. The van der Waals surface area contributed by atoms with E-state index in [9.17, 15) is 14.7 Å². The van der Waals surface area contributed by atoms with Gasteiger partial charge < -0.3 is 21.5 Å². The van der Waals surface area contributed by atoms with Gasteiger partial charge in [-0.25, -0.2) is 0 Å². The molecule has 0 aromatic rings. The summed E-state index contributed by atoms with van der Waals surface area (Å²) in [5, 5.41) is 14.7. The number of amides is 2. The fourth-order valence-electron chi connectivity index (χ4n) is 2.30. The maximum Gasteiger partial charge on any atom is 0.239 e. The topological polar surface area (TPSA) is 104 Å². The average Bonchev–Trinajstić information content (AvgIpc) is 2.84. The lowest BCUT2D eigenvalue weighted by atomic mass is 9.99. The van der Waals surface area contributed by atoms with E-state index >= 15 is 0 Å². The van der Waals surface area contributed by atoms with Crippen LogP contribution >= 0.6 is 0 Å². The van der Waals surface area contributed by atoms with Crippen LogP contribution in [0, 0.1) is 5.92 Å². The first-order valence-corrected chi connectivity index (χ1v) is 6.85. The molecule has 5 N–H and O–H groups in total. The third kappa shape index (κ3) is 4.47. The van der Waals surface area contributed by atoms with Crippen molar-refractivity contribution in [2.24, 2.45) is 11.7 Å². The standard InChI is InChI=1S/C13H25N3O3/c1-9(2)11(14)12(19)15-7-10(18)16-13(8-17)5-3-4-6-13/h9,11,17H,3-8,14H2,1-2H3,(H,15,19)(H,16,18)/t11-/m0/s1. The fraction of sp³-hybridized carbons (Fsp3) is 0.846. The second kappa shape index (κ2) is 6.86. The first-order valence-electron chi connectivity index (χ1n) is 6.85. The zero-order valence-electron chi connectivity index (χ0n) is 11.7. The van der Waals surface area contributed by atoms with Crippen LogP contribution in [0.5, 0.6) is 0 Å². The summed E-state index contributed by atoms with van der Waals surface area (Å²) in [6.45, 7) is 3.55. The van der Waals surface area contributed by atoms with Crippen LogP contribution in [0.3, 0.4) is 0 Å². The van der Waals surface area contributed by atoms with E-state index in [0.29, 0.717) is 0 Å². The van der Waals surface area contributed by atoms with E-state index in [4.69, 9.17) is 5.73 Å². The fourth-order valence-corrected chi connectivity index (χ4v) is 2.30. The molecule has 0 radical (unpaired) electrons. The summed E-state index contributed by atoms with van der Waals surface area (Å²) < 4.78 is 0. The van der Waals surface area contributed by atoms with Crippen molar-refractivity contribution < 1.29 is 14.7 Å². The number of carbonyl (C=O) groups excluding carboxylic acids is 2. The lowest BCUT2D eigenvalue weighted by Gasteiger charge is -2.28. The third-order valence-electron chi connectivity index (χ3n) is 3.71. The lowest BCUT2D eigenvalue weighted by Crippen LogP contribution is -2.53. The predicted molar refractivity (Wildman–Crippen MR) is 72.3 cm³/mol. The SMILES string of the molecule is CC(C)[C@H](N)C(=O)NCC(=O)NC1(CO)CCCC1. The Hall–Kier alpha value is -1.14. The Morgan fingerprint density at radius 2 is 1.89 bits per heavy atom. The van der Waals surface area contributed by atoms with Crippen LogP contribution in [0.4, 0.5) is 0 Å². The van der Waals surface area contributed by atoms with Gasteiger partial charge in [0.2, 0.25) is 11.8 Å². The second-order valence-electron chi connectivity index (χ2n) is 5.68. The van der Waals surface area contributed by atoms with Gasteiger partial charge in [0.25, 0.3) is 0 Å². The van der Waals surface area contributed by atoms with Crippen molar-refractivity contribution in [3.63, 3.8) is 0 Å². The zero-order valence-corrected chi connectivity index (χ0v) is 11.7. The second-order valence-corrected chi connectivity index (χ2v) is 5.68. The van der Waals surface area contributed by atoms with E-state index in [2.05, 4.69) is 10.6 Å². The van der Waals surface area contributed by atoms with Crippen LogP contribution in [0.25, 0.3) is 0 Å². The van der Waals surface area contributed by atoms with E-state index in [1.54, 1.807) is 0 Å². The molecule has 1 aliphatic rings. The van der Waals surface area contributed by atoms with Crippen LogP contribution in [-0.2, 0) is 9.59 Å². The summed E-state index contributed by atoms with van der Waals surface area (Å²) in [4.78, 5) is 23.4. The maximum absolute atomic E-state index is 11.8. The van der Waals surface area contributed by atoms with Gasteiger partial charge in [0.1, 0.15) is 0 Å². The summed E-state index contributed by atoms with van der Waals surface area (Å²) in [5.41, 5.74) is 5.18. The largest absolute Gasteiger partial charge is 0.394 e. The lowest BCUT2D eigenvalue weighted by molar-refractivity contribution is -0.128. The van der Waals surface area contributed by atoms with Crippen molar-refractivity contribution in [2.45, 2.75) is 51.1 Å². The van der Waals surface area contributed by atoms with Gasteiger partial charge in [0.15, 0.2) is 0 Å². The number of carbonyl (C=O) groups is 2. The van der Waals surface area contributed by atoms with E-state index in [0.717, 1.165) is 25.7 Å². The van der Waals surface area contributed by atoms with Gasteiger partial charge >= 0.3 is 0 Å². The minimum atomic E-state index is -0.605. The highest BCUT2D eigenvalue weighted by molar-refractivity contribution is 5.87. The van der Waals surface area contributed by atoms with E-state index in [-0.39, 0.29) is 30.9 Å². The summed E-state index contributed by atoms with van der Waals surface area (Å²) in [5.74, 6) is -0.573. The molecule has 1 atom stereocenters. The van der Waals surface area contributed by atoms with Gasteiger partial charge in [-0.15, -0.1) is 0 Å². The third-order valence-corrected chi connectivity index (χ3v) is 3.71. The van der Waals surface area contributed by atoms with Crippen molar-refractivity contribution in [3.8, 4) is 0 Å². The maximum atomic E-state index is 11.8. The molecule has 0 heterocycles. The first-order chi connectivity index (χ1) is 8.90. The minimum Gasteiger partial charge on any atom is -0.394 e. The van der Waals surface area contributed by atoms with Crippen LogP contribution in [-0.4, -0.2) is 41.7 Å². The Morgan fingerprint density at radius 1 is 1.32 bits per heavy atom. The Kier molecular flexibility index (Phi) is 5.75. The molecule has 0 aromatic carbocycles. The van der Waals surface area contributed by atoms with Gasteiger partial charge in [-0.2, -0.15) is 0 Å². The highest BCUT2D eigenvalue weighted by Gasteiger charge is 2.34. The molecule has 0 aliphatic heterocycles. The molecule has 0 unspecified atom stereocenters. The number of aliphatic hydroxyl groups is 1. The van der Waals surface area contributed by atoms with Crippen molar-refractivity contribution in [2.75, 3.05) is 13.2 Å². The Labute approximate surface area is 114 Å². The van der Waals surface area contributed by atoms with E-state index in [1.165, 1.54) is 0 Å². The van der Waals surface area contributed by atoms with Gasteiger partial charge in [-0.05, 0) is 18.8 Å². The molecule has 1 saturated carbocycles. The molecule has 1 aliphatic carbocycles. The van der Waals surface area contributed by atoms with Crippen molar-refractivity contribution in [1.82, 2.24) is 10.6 Å². The average molecular weight is 271 g/mol. The number of nitrogens with two attached hydrogens (primary N) is 1. The summed E-state index contributed by atoms with van der Waals surface area (Å²) in [6.07, 6.45) is 3.58. The molecule has 0 aromatic heterocycles. The molecule has 6 heteroatoms. The molecular weight excluding hydrogens is 246 g/mol. The normalized spacial score (nSPS) is 19.2.